The van der Waals surface area contributed by atoms with Gasteiger partial charge >= 0.3 is 0 Å². The van der Waals surface area contributed by atoms with Gasteiger partial charge in [-0.3, -0.25) is 9.36 Å². The molecule has 0 aliphatic rings. The number of carbonyl (C=O) groups is 1. The van der Waals surface area contributed by atoms with E-state index >= 15 is 0 Å². The molecule has 7 nitrogen and oxygen atoms in total. The Morgan fingerprint density at radius 3 is 2.65 bits per heavy atom. The second kappa shape index (κ2) is 10.9. The van der Waals surface area contributed by atoms with Gasteiger partial charge in [0.25, 0.3) is 0 Å². The highest BCUT2D eigenvalue weighted by Crippen LogP contribution is 2.31. The summed E-state index contributed by atoms with van der Waals surface area (Å²) >= 11 is 7.37. The maximum atomic E-state index is 12.4. The first-order chi connectivity index (χ1) is 15.0. The molecular weight excluding hydrogens is 436 g/mol. The zero-order valence-corrected chi connectivity index (χ0v) is 18.8. The Kier molecular flexibility index (Phi) is 7.97. The number of nitrogens with zero attached hydrogens (tertiary/aromatic N) is 3. The van der Waals surface area contributed by atoms with E-state index in [0.29, 0.717) is 39.7 Å². The van der Waals surface area contributed by atoms with Gasteiger partial charge in [-0.15, -0.1) is 16.8 Å². The quantitative estimate of drug-likeness (QED) is 0.340. The number of ether oxygens (including phenoxy) is 2. The van der Waals surface area contributed by atoms with Gasteiger partial charge < -0.3 is 14.8 Å². The minimum atomic E-state index is -0.393. The molecule has 0 aliphatic carbocycles. The van der Waals surface area contributed by atoms with Crippen molar-refractivity contribution in [3.63, 3.8) is 0 Å². The fourth-order valence-corrected chi connectivity index (χ4v) is 3.78. The first kappa shape index (κ1) is 22.7. The maximum absolute atomic E-state index is 12.4. The van der Waals surface area contributed by atoms with Crippen LogP contribution in [0, 0.1) is 0 Å². The number of carbonyl (C=O) groups excluding carboxylic acids is 1. The predicted octanol–water partition coefficient (Wildman–Crippen LogP) is 5.00. The van der Waals surface area contributed by atoms with Gasteiger partial charge in [0, 0.05) is 6.54 Å². The van der Waals surface area contributed by atoms with E-state index in [2.05, 4.69) is 22.1 Å². The fourth-order valence-electron chi connectivity index (χ4n) is 2.85. The predicted molar refractivity (Wildman–Crippen MR) is 123 cm³/mol. The summed E-state index contributed by atoms with van der Waals surface area (Å²) in [5.41, 5.74) is 0.571. The zero-order chi connectivity index (χ0) is 22.2. The molecule has 2 aromatic carbocycles. The number of halogens is 1. The van der Waals surface area contributed by atoms with Gasteiger partial charge in [-0.1, -0.05) is 53.7 Å². The number of anilines is 1. The highest BCUT2D eigenvalue weighted by molar-refractivity contribution is 7.99. The molecule has 1 heterocycles. The molecule has 0 bridgehead atoms. The van der Waals surface area contributed by atoms with Crippen LogP contribution in [-0.4, -0.2) is 33.5 Å². The molecule has 0 radical (unpaired) electrons. The topological polar surface area (TPSA) is 78.3 Å². The van der Waals surface area contributed by atoms with Gasteiger partial charge in [0.15, 0.2) is 28.6 Å². The van der Waals surface area contributed by atoms with Crippen molar-refractivity contribution in [3.8, 4) is 11.5 Å². The Balaban J connectivity index is 1.70. The first-order valence-electron chi connectivity index (χ1n) is 9.54. The Labute approximate surface area is 190 Å². The summed E-state index contributed by atoms with van der Waals surface area (Å²) in [7, 11) is 1.59. The van der Waals surface area contributed by atoms with Crippen molar-refractivity contribution >= 4 is 35.0 Å². The lowest BCUT2D eigenvalue weighted by atomic mass is 10.3. The fraction of sp³-hybridized carbons (Fsp3) is 0.227. The van der Waals surface area contributed by atoms with Crippen molar-refractivity contribution in [1.29, 1.82) is 0 Å². The van der Waals surface area contributed by atoms with E-state index in [1.54, 1.807) is 31.4 Å². The molecule has 1 atom stereocenters. The van der Waals surface area contributed by atoms with E-state index in [1.165, 1.54) is 11.8 Å². The van der Waals surface area contributed by atoms with Crippen LogP contribution in [0.3, 0.4) is 0 Å². The molecule has 162 valence electrons. The Bertz CT molecular complexity index is 1060. The van der Waals surface area contributed by atoms with Gasteiger partial charge in [-0.2, -0.15) is 0 Å². The number of para-hydroxylation sites is 3. The third-order valence-corrected chi connectivity index (χ3v) is 5.57. The van der Waals surface area contributed by atoms with Crippen molar-refractivity contribution in [3.05, 3.63) is 72.0 Å². The number of rotatable bonds is 10. The summed E-state index contributed by atoms with van der Waals surface area (Å²) in [6, 6.07) is 14.5. The molecule has 31 heavy (non-hydrogen) atoms. The van der Waals surface area contributed by atoms with Gasteiger partial charge in [0.2, 0.25) is 5.91 Å². The number of hydrogen-bond acceptors (Lipinski definition) is 6. The number of thioether (sulfide) groups is 1. The standard InChI is InChI=1S/C22H23ClN4O3S/c1-4-13-27-21(15(2)30-19-12-8-7-11-18(19)29-3)25-26-22(27)31-14-20(28)24-17-10-6-5-9-16(17)23/h4-12,15H,1,13-14H2,2-3H3,(H,24,28). The molecule has 3 rings (SSSR count). The first-order valence-corrected chi connectivity index (χ1v) is 10.9. The monoisotopic (exact) mass is 458 g/mol. The van der Waals surface area contributed by atoms with Crippen molar-refractivity contribution in [2.45, 2.75) is 24.7 Å². The Hall–Kier alpha value is -2.97. The molecule has 1 aromatic heterocycles. The van der Waals surface area contributed by atoms with E-state index in [1.807, 2.05) is 41.8 Å². The average Bonchev–Trinajstić information content (AvgIpc) is 3.17. The van der Waals surface area contributed by atoms with E-state index < -0.39 is 6.10 Å². The summed E-state index contributed by atoms with van der Waals surface area (Å²) < 4.78 is 13.3. The van der Waals surface area contributed by atoms with Crippen molar-refractivity contribution in [2.75, 3.05) is 18.2 Å². The van der Waals surface area contributed by atoms with Crippen LogP contribution in [0.5, 0.6) is 11.5 Å². The molecule has 3 aromatic rings. The largest absolute Gasteiger partial charge is 0.493 e. The molecule has 0 saturated heterocycles. The van der Waals surface area contributed by atoms with Crippen LogP contribution in [0.4, 0.5) is 5.69 Å². The molecule has 0 spiro atoms. The number of allylic oxidation sites excluding steroid dienone is 1. The lowest BCUT2D eigenvalue weighted by Gasteiger charge is -2.17. The molecule has 9 heteroatoms. The van der Waals surface area contributed by atoms with E-state index in [9.17, 15) is 4.79 Å². The van der Waals surface area contributed by atoms with Gasteiger partial charge in [0.1, 0.15) is 0 Å². The number of amides is 1. The van der Waals surface area contributed by atoms with Crippen molar-refractivity contribution < 1.29 is 14.3 Å². The summed E-state index contributed by atoms with van der Waals surface area (Å²) in [6.07, 6.45) is 1.35. The molecular formula is C22H23ClN4O3S. The van der Waals surface area contributed by atoms with Gasteiger partial charge in [-0.25, -0.2) is 0 Å². The third kappa shape index (κ3) is 5.80. The SMILES string of the molecule is C=CCn1c(SCC(=O)Nc2ccccc2Cl)nnc1C(C)Oc1ccccc1OC. The smallest absolute Gasteiger partial charge is 0.234 e. The van der Waals surface area contributed by atoms with E-state index in [-0.39, 0.29) is 11.7 Å². The van der Waals surface area contributed by atoms with Crippen LogP contribution in [0.2, 0.25) is 5.02 Å². The molecule has 1 unspecified atom stereocenters. The number of aromatic nitrogens is 3. The minimum absolute atomic E-state index is 0.155. The highest BCUT2D eigenvalue weighted by atomic mass is 35.5. The van der Waals surface area contributed by atoms with Crippen LogP contribution < -0.4 is 14.8 Å². The van der Waals surface area contributed by atoms with Crippen molar-refractivity contribution in [1.82, 2.24) is 14.8 Å². The Morgan fingerprint density at radius 2 is 1.94 bits per heavy atom. The second-order valence-electron chi connectivity index (χ2n) is 6.47. The van der Waals surface area contributed by atoms with Crippen LogP contribution in [0.15, 0.2) is 66.3 Å². The summed E-state index contributed by atoms with van der Waals surface area (Å²) in [6.45, 7) is 6.17. The lowest BCUT2D eigenvalue weighted by Crippen LogP contribution is -2.16. The molecule has 0 fully saturated rings. The van der Waals surface area contributed by atoms with Gasteiger partial charge in [0.05, 0.1) is 23.6 Å². The highest BCUT2D eigenvalue weighted by Gasteiger charge is 2.21. The van der Waals surface area contributed by atoms with Crippen LogP contribution in [-0.2, 0) is 11.3 Å². The summed E-state index contributed by atoms with van der Waals surface area (Å²) in [4.78, 5) is 12.4. The average molecular weight is 459 g/mol. The number of methoxy groups -OCH3 is 1. The molecule has 0 saturated carbocycles. The Morgan fingerprint density at radius 1 is 1.23 bits per heavy atom. The number of hydrogen-bond donors (Lipinski definition) is 1. The van der Waals surface area contributed by atoms with Gasteiger partial charge in [-0.05, 0) is 31.2 Å². The summed E-state index contributed by atoms with van der Waals surface area (Å²) in [5.74, 6) is 1.84. The van der Waals surface area contributed by atoms with Crippen molar-refractivity contribution in [2.24, 2.45) is 0 Å². The second-order valence-corrected chi connectivity index (χ2v) is 7.82. The van der Waals surface area contributed by atoms with E-state index in [4.69, 9.17) is 21.1 Å². The van der Waals surface area contributed by atoms with E-state index in [0.717, 1.165) is 0 Å². The molecule has 1 amide bonds. The number of benzene rings is 2. The third-order valence-electron chi connectivity index (χ3n) is 4.27. The van der Waals surface area contributed by atoms with Crippen LogP contribution in [0.25, 0.3) is 0 Å². The van der Waals surface area contributed by atoms with Crippen LogP contribution >= 0.6 is 23.4 Å². The minimum Gasteiger partial charge on any atom is -0.493 e. The zero-order valence-electron chi connectivity index (χ0n) is 17.2. The normalized spacial score (nSPS) is 11.6. The van der Waals surface area contributed by atoms with Crippen LogP contribution in [0.1, 0.15) is 18.9 Å². The maximum Gasteiger partial charge on any atom is 0.234 e. The lowest BCUT2D eigenvalue weighted by molar-refractivity contribution is -0.113. The summed E-state index contributed by atoms with van der Waals surface area (Å²) in [5, 5.41) is 12.4. The number of nitrogens with one attached hydrogen (secondary N) is 1. The molecule has 0 aliphatic heterocycles. The molecule has 1 N–H and O–H groups in total.